The molecule has 2 amide bonds. The molecule has 1 aliphatic rings. The van der Waals surface area contributed by atoms with E-state index in [1.807, 2.05) is 56.3 Å². The van der Waals surface area contributed by atoms with Crippen molar-refractivity contribution in [2.24, 2.45) is 0 Å². The van der Waals surface area contributed by atoms with Gasteiger partial charge in [0.2, 0.25) is 5.91 Å². The highest BCUT2D eigenvalue weighted by atomic mass is 16.5. The largest absolute Gasteiger partial charge is 0.452 e. The van der Waals surface area contributed by atoms with Crippen molar-refractivity contribution in [1.29, 1.82) is 0 Å². The van der Waals surface area contributed by atoms with Crippen LogP contribution in [-0.2, 0) is 16.0 Å². The van der Waals surface area contributed by atoms with Crippen LogP contribution in [0.25, 0.3) is 0 Å². The fraction of sp³-hybridized carbons (Fsp3) is 0.391. The Morgan fingerprint density at radius 2 is 1.93 bits per heavy atom. The molecule has 0 radical (unpaired) electrons. The van der Waals surface area contributed by atoms with Crippen molar-refractivity contribution in [2.75, 3.05) is 17.3 Å². The second-order valence-corrected chi connectivity index (χ2v) is 7.55. The molecular formula is C23H28N2O3. The number of anilines is 2. The smallest absolute Gasteiger partial charge is 0.414 e. The molecule has 0 saturated heterocycles. The summed E-state index contributed by atoms with van der Waals surface area (Å²) < 4.78 is 4.97. The number of nitrogens with one attached hydrogen (secondary N) is 1. The van der Waals surface area contributed by atoms with Gasteiger partial charge < -0.3 is 10.1 Å². The average Bonchev–Trinajstić information content (AvgIpc) is 2.70. The number of hydrogen-bond acceptors (Lipinski definition) is 3. The third-order valence-electron chi connectivity index (χ3n) is 5.50. The molecule has 5 heteroatoms. The van der Waals surface area contributed by atoms with E-state index in [2.05, 4.69) is 12.2 Å². The summed E-state index contributed by atoms with van der Waals surface area (Å²) in [7, 11) is 1.39. The highest BCUT2D eigenvalue weighted by Crippen LogP contribution is 2.38. The molecule has 5 nitrogen and oxygen atoms in total. The van der Waals surface area contributed by atoms with E-state index < -0.39 is 0 Å². The summed E-state index contributed by atoms with van der Waals surface area (Å²) in [5, 5.41) is 3.11. The normalized spacial score (nSPS) is 16.9. The minimum Gasteiger partial charge on any atom is -0.452 e. The van der Waals surface area contributed by atoms with E-state index in [-0.39, 0.29) is 24.0 Å². The van der Waals surface area contributed by atoms with Gasteiger partial charge in [0.05, 0.1) is 12.8 Å². The third-order valence-corrected chi connectivity index (χ3v) is 5.50. The molecule has 1 heterocycles. The molecule has 2 aromatic rings. The zero-order chi connectivity index (χ0) is 20.3. The van der Waals surface area contributed by atoms with Crippen molar-refractivity contribution >= 4 is 23.4 Å². The molecule has 2 aromatic carbocycles. The zero-order valence-corrected chi connectivity index (χ0v) is 17.0. The molecule has 0 aromatic heterocycles. The van der Waals surface area contributed by atoms with Gasteiger partial charge in [-0.1, -0.05) is 43.3 Å². The summed E-state index contributed by atoms with van der Waals surface area (Å²) >= 11 is 0. The SMILES string of the molecule is COC(=O)N1c2ccc(C)c(NC(=O)CC(C)c3ccccc3)c2CC[C@@H]1C. The Bertz CT molecular complexity index is 864. The summed E-state index contributed by atoms with van der Waals surface area (Å²) in [5.74, 6) is 0.115. The number of hydrogen-bond donors (Lipinski definition) is 1. The molecule has 0 saturated carbocycles. The second kappa shape index (κ2) is 8.46. The zero-order valence-electron chi connectivity index (χ0n) is 17.0. The molecule has 1 unspecified atom stereocenters. The van der Waals surface area contributed by atoms with Crippen LogP contribution in [0, 0.1) is 6.92 Å². The number of carbonyl (C=O) groups is 2. The van der Waals surface area contributed by atoms with Crippen LogP contribution in [0.2, 0.25) is 0 Å². The molecule has 1 aliphatic heterocycles. The molecule has 2 atom stereocenters. The maximum atomic E-state index is 12.8. The lowest BCUT2D eigenvalue weighted by Gasteiger charge is -2.35. The van der Waals surface area contributed by atoms with Crippen molar-refractivity contribution in [3.63, 3.8) is 0 Å². The maximum absolute atomic E-state index is 12.8. The van der Waals surface area contributed by atoms with Gasteiger partial charge in [0, 0.05) is 18.2 Å². The molecule has 3 rings (SSSR count). The van der Waals surface area contributed by atoms with Crippen molar-refractivity contribution in [3.8, 4) is 0 Å². The first-order valence-corrected chi connectivity index (χ1v) is 9.76. The summed E-state index contributed by atoms with van der Waals surface area (Å²) in [6.07, 6.45) is 1.68. The second-order valence-electron chi connectivity index (χ2n) is 7.55. The Morgan fingerprint density at radius 3 is 2.61 bits per heavy atom. The van der Waals surface area contributed by atoms with Crippen molar-refractivity contribution in [3.05, 3.63) is 59.2 Å². The van der Waals surface area contributed by atoms with Gasteiger partial charge in [-0.2, -0.15) is 0 Å². The molecule has 0 aliphatic carbocycles. The Hall–Kier alpha value is -2.82. The fourth-order valence-corrected chi connectivity index (χ4v) is 3.87. The number of nitrogens with zero attached hydrogens (tertiary/aromatic N) is 1. The Labute approximate surface area is 166 Å². The molecule has 0 bridgehead atoms. The first-order valence-electron chi connectivity index (χ1n) is 9.76. The number of rotatable bonds is 4. The van der Waals surface area contributed by atoms with Crippen LogP contribution in [0.1, 0.15) is 49.3 Å². The highest BCUT2D eigenvalue weighted by Gasteiger charge is 2.31. The fourth-order valence-electron chi connectivity index (χ4n) is 3.87. The Balaban J connectivity index is 1.84. The predicted octanol–water partition coefficient (Wildman–Crippen LogP) is 5.03. The van der Waals surface area contributed by atoms with Crippen LogP contribution >= 0.6 is 0 Å². The summed E-state index contributed by atoms with van der Waals surface area (Å²) in [5.41, 5.74) is 4.80. The summed E-state index contributed by atoms with van der Waals surface area (Å²) in [6.45, 7) is 6.06. The Kier molecular flexibility index (Phi) is 6.02. The Morgan fingerprint density at radius 1 is 1.21 bits per heavy atom. The van der Waals surface area contributed by atoms with Gasteiger partial charge in [-0.05, 0) is 55.4 Å². The maximum Gasteiger partial charge on any atom is 0.414 e. The topological polar surface area (TPSA) is 58.6 Å². The van der Waals surface area contributed by atoms with Crippen LogP contribution in [0.15, 0.2) is 42.5 Å². The lowest BCUT2D eigenvalue weighted by atomic mass is 9.93. The van der Waals surface area contributed by atoms with Crippen LogP contribution in [0.5, 0.6) is 0 Å². The van der Waals surface area contributed by atoms with E-state index in [0.29, 0.717) is 6.42 Å². The third kappa shape index (κ3) is 4.03. The van der Waals surface area contributed by atoms with Crippen molar-refractivity contribution in [1.82, 2.24) is 0 Å². The monoisotopic (exact) mass is 380 g/mol. The lowest BCUT2D eigenvalue weighted by molar-refractivity contribution is -0.116. The standard InChI is InChI=1S/C23H28N2O3/c1-15-10-13-20-19(12-11-17(3)25(20)23(27)28-4)22(15)24-21(26)14-16(2)18-8-6-5-7-9-18/h5-10,13,16-17H,11-12,14H2,1-4H3,(H,24,26)/t16?,17-/m0/s1. The van der Waals surface area contributed by atoms with E-state index in [4.69, 9.17) is 4.74 Å². The molecule has 148 valence electrons. The van der Waals surface area contributed by atoms with Crippen LogP contribution < -0.4 is 10.2 Å². The number of methoxy groups -OCH3 is 1. The molecule has 1 N–H and O–H groups in total. The number of carbonyl (C=O) groups excluding carboxylic acids is 2. The molecule has 0 spiro atoms. The number of amides is 2. The van der Waals surface area contributed by atoms with Crippen LogP contribution in [-0.4, -0.2) is 25.2 Å². The summed E-state index contributed by atoms with van der Waals surface area (Å²) in [4.78, 5) is 26.7. The number of ether oxygens (including phenoxy) is 1. The van der Waals surface area contributed by atoms with Crippen molar-refractivity contribution in [2.45, 2.75) is 52.0 Å². The minimum atomic E-state index is -0.368. The van der Waals surface area contributed by atoms with Gasteiger partial charge in [0.15, 0.2) is 0 Å². The minimum absolute atomic E-state index is 0.0175. The number of aryl methyl sites for hydroxylation is 1. The average molecular weight is 380 g/mol. The van der Waals surface area contributed by atoms with E-state index >= 15 is 0 Å². The van der Waals surface area contributed by atoms with E-state index in [1.165, 1.54) is 7.11 Å². The van der Waals surface area contributed by atoms with Gasteiger partial charge in [-0.15, -0.1) is 0 Å². The molecular weight excluding hydrogens is 352 g/mol. The van der Waals surface area contributed by atoms with Crippen LogP contribution in [0.4, 0.5) is 16.2 Å². The van der Waals surface area contributed by atoms with Gasteiger partial charge in [0.1, 0.15) is 0 Å². The summed E-state index contributed by atoms with van der Waals surface area (Å²) in [6, 6.07) is 14.0. The molecule has 28 heavy (non-hydrogen) atoms. The van der Waals surface area contributed by atoms with Gasteiger partial charge in [-0.3, -0.25) is 9.69 Å². The first-order chi connectivity index (χ1) is 13.4. The highest BCUT2D eigenvalue weighted by molar-refractivity contribution is 5.97. The predicted molar refractivity (Wildman–Crippen MR) is 112 cm³/mol. The van der Waals surface area contributed by atoms with Crippen LogP contribution in [0.3, 0.4) is 0 Å². The lowest BCUT2D eigenvalue weighted by Crippen LogP contribution is -2.42. The first kappa shape index (κ1) is 19.9. The quantitative estimate of drug-likeness (QED) is 0.809. The van der Waals surface area contributed by atoms with Gasteiger partial charge in [0.25, 0.3) is 0 Å². The molecule has 0 fully saturated rings. The van der Waals surface area contributed by atoms with E-state index in [0.717, 1.165) is 40.9 Å². The van der Waals surface area contributed by atoms with E-state index in [1.54, 1.807) is 4.90 Å². The van der Waals surface area contributed by atoms with Crippen molar-refractivity contribution < 1.29 is 14.3 Å². The van der Waals surface area contributed by atoms with Gasteiger partial charge >= 0.3 is 6.09 Å². The van der Waals surface area contributed by atoms with Gasteiger partial charge in [-0.25, -0.2) is 4.79 Å². The number of benzene rings is 2. The van der Waals surface area contributed by atoms with E-state index in [9.17, 15) is 9.59 Å². The number of fused-ring (bicyclic) bond motifs is 1.